The number of rotatable bonds is 6. The van der Waals surface area contributed by atoms with Gasteiger partial charge in [-0.15, -0.1) is 0 Å². The molecule has 0 bridgehead atoms. The number of para-hydroxylation sites is 1. The zero-order valence-corrected chi connectivity index (χ0v) is 32.3. The van der Waals surface area contributed by atoms with Crippen LogP contribution in [0.3, 0.4) is 0 Å². The minimum Gasteiger partial charge on any atom is -0.341 e. The van der Waals surface area contributed by atoms with E-state index in [1.54, 1.807) is 0 Å². The van der Waals surface area contributed by atoms with Gasteiger partial charge in [0.1, 0.15) is 0 Å². The molecular weight excluding hydrogens is 689 g/mol. The second kappa shape index (κ2) is 13.1. The van der Waals surface area contributed by atoms with Gasteiger partial charge in [-0.1, -0.05) is 153 Å². The Morgan fingerprint density at radius 3 is 1.93 bits per heavy atom. The van der Waals surface area contributed by atoms with Gasteiger partial charge >= 0.3 is 0 Å². The number of nitrogens with zero attached hydrogens (tertiary/aromatic N) is 2. The first-order valence-corrected chi connectivity index (χ1v) is 20.1. The van der Waals surface area contributed by atoms with Crippen LogP contribution in [0, 0.1) is 0 Å². The Bertz CT molecular complexity index is 2980. The summed E-state index contributed by atoms with van der Waals surface area (Å²) in [4.78, 5) is 5.01. The average Bonchev–Trinajstić information content (AvgIpc) is 3.80. The number of hydrogen-bond acceptors (Lipinski definition) is 2. The fourth-order valence-electron chi connectivity index (χ4n) is 9.69. The van der Waals surface area contributed by atoms with E-state index in [2.05, 4.69) is 218 Å². The molecular formula is C55H42N2. The van der Waals surface area contributed by atoms with Crippen LogP contribution in [0.1, 0.15) is 30.5 Å². The molecule has 2 nitrogen and oxygen atoms in total. The van der Waals surface area contributed by atoms with Crippen LogP contribution < -0.4 is 9.80 Å². The summed E-state index contributed by atoms with van der Waals surface area (Å²) in [5.41, 5.74) is 17.6. The number of benzene rings is 9. The van der Waals surface area contributed by atoms with Gasteiger partial charge in [-0.25, -0.2) is 0 Å². The summed E-state index contributed by atoms with van der Waals surface area (Å²) < 4.78 is 0. The SMILES string of the molecule is CC1(C)c2ccccc2-c2cc(-c3cccc4c3CCN4c3ccccc3)c(N(c3ccc(-c4ccccc4)cc3)c3ccc4ccc5ccccc5c4c3)cc21. The second-order valence-corrected chi connectivity index (χ2v) is 16.1. The molecule has 0 saturated heterocycles. The van der Waals surface area contributed by atoms with Gasteiger partial charge in [0.05, 0.1) is 5.69 Å². The Hall–Kier alpha value is -6.90. The van der Waals surface area contributed by atoms with Gasteiger partial charge in [-0.2, -0.15) is 0 Å². The number of fused-ring (bicyclic) bond motifs is 7. The molecule has 2 aliphatic rings. The van der Waals surface area contributed by atoms with E-state index in [1.165, 1.54) is 88.7 Å². The fraction of sp³-hybridized carbons (Fsp3) is 0.0909. The second-order valence-electron chi connectivity index (χ2n) is 16.1. The molecule has 9 aromatic rings. The largest absolute Gasteiger partial charge is 0.341 e. The molecule has 272 valence electrons. The maximum atomic E-state index is 2.52. The predicted molar refractivity (Wildman–Crippen MR) is 242 cm³/mol. The molecule has 0 spiro atoms. The normalized spacial score (nSPS) is 13.8. The molecule has 1 aliphatic carbocycles. The molecule has 0 unspecified atom stereocenters. The van der Waals surface area contributed by atoms with Gasteiger partial charge in [0, 0.05) is 40.3 Å². The highest BCUT2D eigenvalue weighted by molar-refractivity contribution is 6.09. The van der Waals surface area contributed by atoms with Crippen LogP contribution in [0.15, 0.2) is 194 Å². The smallest absolute Gasteiger partial charge is 0.0543 e. The minimum absolute atomic E-state index is 0.162. The first-order chi connectivity index (χ1) is 28.0. The van der Waals surface area contributed by atoms with Crippen LogP contribution >= 0.6 is 0 Å². The maximum absolute atomic E-state index is 2.52. The highest BCUT2D eigenvalue weighted by Crippen LogP contribution is 2.55. The summed E-state index contributed by atoms with van der Waals surface area (Å²) in [7, 11) is 0. The third kappa shape index (κ3) is 5.39. The summed E-state index contributed by atoms with van der Waals surface area (Å²) in [5, 5.41) is 5.01. The summed E-state index contributed by atoms with van der Waals surface area (Å²) in [5.74, 6) is 0. The molecule has 0 amide bonds. The molecule has 0 atom stereocenters. The molecule has 0 N–H and O–H groups in total. The molecule has 2 heteroatoms. The lowest BCUT2D eigenvalue weighted by atomic mass is 9.81. The monoisotopic (exact) mass is 730 g/mol. The van der Waals surface area contributed by atoms with E-state index >= 15 is 0 Å². The van der Waals surface area contributed by atoms with Crippen molar-refractivity contribution in [2.24, 2.45) is 0 Å². The molecule has 11 rings (SSSR count). The van der Waals surface area contributed by atoms with Crippen LogP contribution in [0.2, 0.25) is 0 Å². The van der Waals surface area contributed by atoms with E-state index in [4.69, 9.17) is 0 Å². The van der Waals surface area contributed by atoms with Crippen molar-refractivity contribution in [3.8, 4) is 33.4 Å². The zero-order chi connectivity index (χ0) is 38.1. The quantitative estimate of drug-likeness (QED) is 0.157. The Labute approximate surface area is 334 Å². The van der Waals surface area contributed by atoms with Crippen molar-refractivity contribution in [2.45, 2.75) is 25.7 Å². The molecule has 57 heavy (non-hydrogen) atoms. The first-order valence-electron chi connectivity index (χ1n) is 20.1. The Morgan fingerprint density at radius 2 is 1.11 bits per heavy atom. The third-order valence-corrected chi connectivity index (χ3v) is 12.5. The molecule has 1 aliphatic heterocycles. The van der Waals surface area contributed by atoms with Gasteiger partial charge in [-0.05, 0) is 127 Å². The van der Waals surface area contributed by atoms with Gasteiger partial charge in [0.2, 0.25) is 0 Å². The van der Waals surface area contributed by atoms with Crippen LogP contribution in [0.4, 0.5) is 28.4 Å². The van der Waals surface area contributed by atoms with Gasteiger partial charge in [-0.3, -0.25) is 0 Å². The van der Waals surface area contributed by atoms with Gasteiger partial charge < -0.3 is 9.80 Å². The fourth-order valence-corrected chi connectivity index (χ4v) is 9.69. The van der Waals surface area contributed by atoms with Crippen LogP contribution in [0.5, 0.6) is 0 Å². The Kier molecular flexibility index (Phi) is 7.69. The molecule has 0 aromatic heterocycles. The van der Waals surface area contributed by atoms with E-state index in [0.717, 1.165) is 24.3 Å². The topological polar surface area (TPSA) is 6.48 Å². The maximum Gasteiger partial charge on any atom is 0.0543 e. The van der Waals surface area contributed by atoms with E-state index in [0.29, 0.717) is 0 Å². The Morgan fingerprint density at radius 1 is 0.456 bits per heavy atom. The van der Waals surface area contributed by atoms with Crippen LogP contribution in [-0.2, 0) is 11.8 Å². The summed E-state index contributed by atoms with van der Waals surface area (Å²) in [6.07, 6.45) is 0.979. The lowest BCUT2D eigenvalue weighted by Crippen LogP contribution is -2.17. The zero-order valence-electron chi connectivity index (χ0n) is 32.3. The highest BCUT2D eigenvalue weighted by Gasteiger charge is 2.37. The van der Waals surface area contributed by atoms with E-state index in [-0.39, 0.29) is 5.41 Å². The van der Waals surface area contributed by atoms with Crippen molar-refractivity contribution in [1.82, 2.24) is 0 Å². The third-order valence-electron chi connectivity index (χ3n) is 12.5. The minimum atomic E-state index is -0.162. The molecule has 0 fully saturated rings. The Balaban J connectivity index is 1.19. The summed E-state index contributed by atoms with van der Waals surface area (Å²) in [6, 6.07) is 71.9. The van der Waals surface area contributed by atoms with Crippen LogP contribution in [-0.4, -0.2) is 6.54 Å². The van der Waals surface area contributed by atoms with Gasteiger partial charge in [0.15, 0.2) is 0 Å². The molecule has 0 saturated carbocycles. The van der Waals surface area contributed by atoms with Crippen molar-refractivity contribution < 1.29 is 0 Å². The average molecular weight is 731 g/mol. The van der Waals surface area contributed by atoms with E-state index < -0.39 is 0 Å². The summed E-state index contributed by atoms with van der Waals surface area (Å²) >= 11 is 0. The van der Waals surface area contributed by atoms with E-state index in [1.807, 2.05) is 0 Å². The highest BCUT2D eigenvalue weighted by atomic mass is 15.2. The van der Waals surface area contributed by atoms with Crippen molar-refractivity contribution in [2.75, 3.05) is 16.3 Å². The molecule has 1 heterocycles. The molecule has 9 aromatic carbocycles. The van der Waals surface area contributed by atoms with Crippen molar-refractivity contribution in [3.63, 3.8) is 0 Å². The van der Waals surface area contributed by atoms with Crippen molar-refractivity contribution in [1.29, 1.82) is 0 Å². The van der Waals surface area contributed by atoms with E-state index in [9.17, 15) is 0 Å². The standard InChI is InChI=1S/C55H42N2/c1-55(2)51-22-12-11-20-46(51)49-35-50(45-21-13-23-53-47(45)32-33-56(53)41-17-7-4-8-18-41)54(36-52(49)55)57(42-29-26-38(27-30-42)37-14-5-3-6-15-37)43-31-28-40-25-24-39-16-9-10-19-44(39)48(40)34-43/h3-31,34-36H,32-33H2,1-2H3. The summed E-state index contributed by atoms with van der Waals surface area (Å²) in [6.45, 7) is 5.73. The van der Waals surface area contributed by atoms with Gasteiger partial charge in [0.25, 0.3) is 0 Å². The van der Waals surface area contributed by atoms with Crippen LogP contribution in [0.25, 0.3) is 54.9 Å². The predicted octanol–water partition coefficient (Wildman–Crippen LogP) is 14.8. The van der Waals surface area contributed by atoms with Crippen molar-refractivity contribution in [3.05, 3.63) is 211 Å². The first kappa shape index (κ1) is 33.4. The number of hydrogen-bond donors (Lipinski definition) is 0. The molecule has 0 radical (unpaired) electrons. The van der Waals surface area contributed by atoms with Crippen molar-refractivity contribution >= 4 is 50.0 Å². The lowest BCUT2D eigenvalue weighted by Gasteiger charge is -2.31. The number of anilines is 5. The lowest BCUT2D eigenvalue weighted by molar-refractivity contribution is 0.660.